The van der Waals surface area contributed by atoms with E-state index >= 15 is 0 Å². The molecule has 0 fully saturated rings. The topological polar surface area (TPSA) is 79.3 Å². The maximum Gasteiger partial charge on any atom is 0.338 e. The third-order valence-corrected chi connectivity index (χ3v) is 4.83. The number of amides is 1. The van der Waals surface area contributed by atoms with Crippen molar-refractivity contribution in [2.24, 2.45) is 0 Å². The standard InChI is InChI=1S/C12H12N2O3S2/c1-5-7(3)19-11(8(5)12(16)17)14-10(15)9-6(2)13-4-18-9/h4H,1-3H3,(H,14,15)(H,16,17). The van der Waals surface area contributed by atoms with Gasteiger partial charge in [0, 0.05) is 4.88 Å². The highest BCUT2D eigenvalue weighted by molar-refractivity contribution is 7.17. The van der Waals surface area contributed by atoms with Gasteiger partial charge in [-0.2, -0.15) is 0 Å². The quantitative estimate of drug-likeness (QED) is 0.912. The third-order valence-electron chi connectivity index (χ3n) is 2.78. The summed E-state index contributed by atoms with van der Waals surface area (Å²) in [4.78, 5) is 28.7. The van der Waals surface area contributed by atoms with Gasteiger partial charge in [0.15, 0.2) is 0 Å². The summed E-state index contributed by atoms with van der Waals surface area (Å²) in [6, 6.07) is 0. The molecule has 0 saturated carbocycles. The van der Waals surface area contributed by atoms with Gasteiger partial charge >= 0.3 is 5.97 Å². The summed E-state index contributed by atoms with van der Waals surface area (Å²) >= 11 is 2.51. The van der Waals surface area contributed by atoms with Gasteiger partial charge in [0.05, 0.1) is 16.8 Å². The highest BCUT2D eigenvalue weighted by atomic mass is 32.1. The summed E-state index contributed by atoms with van der Waals surface area (Å²) < 4.78 is 0. The van der Waals surface area contributed by atoms with Gasteiger partial charge < -0.3 is 10.4 Å². The molecular weight excluding hydrogens is 284 g/mol. The highest BCUT2D eigenvalue weighted by Crippen LogP contribution is 2.33. The van der Waals surface area contributed by atoms with Crippen LogP contribution in [0, 0.1) is 20.8 Å². The lowest BCUT2D eigenvalue weighted by Crippen LogP contribution is -2.13. The lowest BCUT2D eigenvalue weighted by atomic mass is 10.1. The number of aromatic carboxylic acids is 1. The fourth-order valence-corrected chi connectivity index (χ4v) is 3.40. The molecule has 2 N–H and O–H groups in total. The van der Waals surface area contributed by atoms with Crippen molar-refractivity contribution in [3.63, 3.8) is 0 Å². The van der Waals surface area contributed by atoms with Gasteiger partial charge in [0.1, 0.15) is 9.88 Å². The Morgan fingerprint density at radius 2 is 2.00 bits per heavy atom. The van der Waals surface area contributed by atoms with E-state index in [0.29, 0.717) is 21.1 Å². The van der Waals surface area contributed by atoms with Crippen molar-refractivity contribution in [1.82, 2.24) is 4.98 Å². The minimum Gasteiger partial charge on any atom is -0.478 e. The molecule has 2 aromatic rings. The molecule has 2 rings (SSSR count). The molecule has 1 amide bonds. The number of aromatic nitrogens is 1. The van der Waals surface area contributed by atoms with Crippen LogP contribution in [0.1, 0.15) is 36.2 Å². The van der Waals surface area contributed by atoms with E-state index in [1.807, 2.05) is 6.92 Å². The minimum atomic E-state index is -1.03. The van der Waals surface area contributed by atoms with E-state index in [2.05, 4.69) is 10.3 Å². The average molecular weight is 296 g/mol. The summed E-state index contributed by atoms with van der Waals surface area (Å²) in [5.41, 5.74) is 3.09. The first-order valence-electron chi connectivity index (χ1n) is 5.46. The Morgan fingerprint density at radius 1 is 1.32 bits per heavy atom. The number of carbonyl (C=O) groups excluding carboxylic acids is 1. The number of thiazole rings is 1. The second kappa shape index (κ2) is 5.10. The third kappa shape index (κ3) is 2.52. The highest BCUT2D eigenvalue weighted by Gasteiger charge is 2.21. The first-order valence-corrected chi connectivity index (χ1v) is 7.16. The Kier molecular flexibility index (Phi) is 3.68. The molecule has 5 nitrogen and oxygen atoms in total. The number of nitrogens with one attached hydrogen (secondary N) is 1. The number of anilines is 1. The monoisotopic (exact) mass is 296 g/mol. The van der Waals surface area contributed by atoms with Gasteiger partial charge in [-0.3, -0.25) is 4.79 Å². The number of carboxylic acids is 1. The molecule has 0 aliphatic heterocycles. The summed E-state index contributed by atoms with van der Waals surface area (Å²) in [5, 5.41) is 12.2. The predicted octanol–water partition coefficient (Wildman–Crippen LogP) is 3.08. The summed E-state index contributed by atoms with van der Waals surface area (Å²) in [5.74, 6) is -1.35. The zero-order valence-electron chi connectivity index (χ0n) is 10.6. The SMILES string of the molecule is Cc1ncsc1C(=O)Nc1sc(C)c(C)c1C(=O)O. The Balaban J connectivity index is 2.35. The van der Waals surface area contributed by atoms with Crippen LogP contribution in [0.25, 0.3) is 0 Å². The summed E-state index contributed by atoms with van der Waals surface area (Å²) in [6.07, 6.45) is 0. The number of aryl methyl sites for hydroxylation is 2. The Labute approximate surface area is 117 Å². The first-order chi connectivity index (χ1) is 8.91. The molecule has 0 radical (unpaired) electrons. The second-order valence-electron chi connectivity index (χ2n) is 4.01. The van der Waals surface area contributed by atoms with Crippen LogP contribution in [0.2, 0.25) is 0 Å². The van der Waals surface area contributed by atoms with Crippen LogP contribution in [-0.2, 0) is 0 Å². The maximum absolute atomic E-state index is 12.1. The Morgan fingerprint density at radius 3 is 2.53 bits per heavy atom. The Bertz CT molecular complexity index is 658. The number of carboxylic acid groups (broad SMARTS) is 1. The normalized spacial score (nSPS) is 10.5. The minimum absolute atomic E-state index is 0.165. The van der Waals surface area contributed by atoms with E-state index < -0.39 is 5.97 Å². The molecule has 100 valence electrons. The number of hydrogen-bond donors (Lipinski definition) is 2. The molecular formula is C12H12N2O3S2. The zero-order chi connectivity index (χ0) is 14.2. The number of thiophene rings is 1. The van der Waals surface area contributed by atoms with Crippen LogP contribution in [-0.4, -0.2) is 22.0 Å². The molecule has 0 aliphatic carbocycles. The van der Waals surface area contributed by atoms with Crippen molar-refractivity contribution in [1.29, 1.82) is 0 Å². The van der Waals surface area contributed by atoms with Crippen molar-refractivity contribution in [3.05, 3.63) is 32.1 Å². The molecule has 2 heterocycles. The van der Waals surface area contributed by atoms with Crippen molar-refractivity contribution >= 4 is 39.6 Å². The lowest BCUT2D eigenvalue weighted by Gasteiger charge is -2.03. The molecule has 19 heavy (non-hydrogen) atoms. The van der Waals surface area contributed by atoms with E-state index in [1.54, 1.807) is 19.4 Å². The largest absolute Gasteiger partial charge is 0.478 e. The lowest BCUT2D eigenvalue weighted by molar-refractivity contribution is 0.0697. The Hall–Kier alpha value is -1.73. The molecule has 0 atom stereocenters. The number of carbonyl (C=O) groups is 2. The summed E-state index contributed by atoms with van der Waals surface area (Å²) in [7, 11) is 0. The first kappa shape index (κ1) is 13.7. The van der Waals surface area contributed by atoms with Gasteiger partial charge in [-0.15, -0.1) is 22.7 Å². The van der Waals surface area contributed by atoms with Crippen LogP contribution < -0.4 is 5.32 Å². The van der Waals surface area contributed by atoms with E-state index in [-0.39, 0.29) is 11.5 Å². The number of nitrogens with zero attached hydrogens (tertiary/aromatic N) is 1. The summed E-state index contributed by atoms with van der Waals surface area (Å²) in [6.45, 7) is 5.32. The van der Waals surface area contributed by atoms with Crippen molar-refractivity contribution in [2.75, 3.05) is 5.32 Å². The molecule has 0 aliphatic rings. The van der Waals surface area contributed by atoms with E-state index in [0.717, 1.165) is 4.88 Å². The van der Waals surface area contributed by atoms with Crippen molar-refractivity contribution in [2.45, 2.75) is 20.8 Å². The number of rotatable bonds is 3. The van der Waals surface area contributed by atoms with E-state index in [4.69, 9.17) is 0 Å². The molecule has 0 unspecified atom stereocenters. The van der Waals surface area contributed by atoms with Gasteiger partial charge in [-0.05, 0) is 26.3 Å². The second-order valence-corrected chi connectivity index (χ2v) is 6.09. The average Bonchev–Trinajstić information content (AvgIpc) is 2.84. The van der Waals surface area contributed by atoms with Crippen molar-refractivity contribution in [3.8, 4) is 0 Å². The zero-order valence-corrected chi connectivity index (χ0v) is 12.2. The van der Waals surface area contributed by atoms with E-state index in [9.17, 15) is 14.7 Å². The maximum atomic E-state index is 12.1. The van der Waals surface area contributed by atoms with Gasteiger partial charge in [0.2, 0.25) is 0 Å². The van der Waals surface area contributed by atoms with Crippen LogP contribution in [0.15, 0.2) is 5.51 Å². The van der Waals surface area contributed by atoms with Crippen LogP contribution in [0.5, 0.6) is 0 Å². The van der Waals surface area contributed by atoms with Crippen LogP contribution >= 0.6 is 22.7 Å². The van der Waals surface area contributed by atoms with Crippen molar-refractivity contribution < 1.29 is 14.7 Å². The molecule has 7 heteroatoms. The fraction of sp³-hybridized carbons (Fsp3) is 0.250. The molecule has 2 aromatic heterocycles. The van der Waals surface area contributed by atoms with Gasteiger partial charge in [0.25, 0.3) is 5.91 Å². The molecule has 0 bridgehead atoms. The van der Waals surface area contributed by atoms with E-state index in [1.165, 1.54) is 22.7 Å². The van der Waals surface area contributed by atoms with Crippen LogP contribution in [0.4, 0.5) is 5.00 Å². The molecule has 0 saturated heterocycles. The fourth-order valence-electron chi connectivity index (χ4n) is 1.65. The smallest absolute Gasteiger partial charge is 0.338 e. The number of hydrogen-bond acceptors (Lipinski definition) is 5. The predicted molar refractivity (Wildman–Crippen MR) is 75.6 cm³/mol. The van der Waals surface area contributed by atoms with Gasteiger partial charge in [-0.25, -0.2) is 9.78 Å². The van der Waals surface area contributed by atoms with Gasteiger partial charge in [-0.1, -0.05) is 0 Å². The van der Waals surface area contributed by atoms with Crippen LogP contribution in [0.3, 0.4) is 0 Å². The molecule has 0 spiro atoms. The molecule has 0 aromatic carbocycles.